The van der Waals surface area contributed by atoms with Crippen molar-refractivity contribution in [3.8, 4) is 5.75 Å². The number of aromatic nitrogens is 2. The van der Waals surface area contributed by atoms with E-state index < -0.39 is 0 Å². The number of hydrogen-bond acceptors (Lipinski definition) is 2. The summed E-state index contributed by atoms with van der Waals surface area (Å²) in [6, 6.07) is 8.10. The predicted molar refractivity (Wildman–Crippen MR) is 63.6 cm³/mol. The second-order valence-corrected chi connectivity index (χ2v) is 3.83. The Hall–Kier alpha value is -1.77. The smallest absolute Gasteiger partial charge is 0.119 e. The summed E-state index contributed by atoms with van der Waals surface area (Å²) in [7, 11) is 0. The van der Waals surface area contributed by atoms with E-state index in [2.05, 4.69) is 28.6 Å². The lowest BCUT2D eigenvalue weighted by atomic mass is 10.2. The molecule has 3 nitrogen and oxygen atoms in total. The van der Waals surface area contributed by atoms with Crippen LogP contribution in [0.25, 0.3) is 0 Å². The van der Waals surface area contributed by atoms with Crippen LogP contribution in [0.1, 0.15) is 11.4 Å². The molecule has 0 aliphatic rings. The SMILES string of the molecule is Cc1ccc(OCCn2ccnc2C)cc1. The largest absolute Gasteiger partial charge is 0.492 e. The maximum atomic E-state index is 5.64. The topological polar surface area (TPSA) is 27.1 Å². The van der Waals surface area contributed by atoms with Crippen LogP contribution in [0.4, 0.5) is 0 Å². The zero-order valence-corrected chi connectivity index (χ0v) is 9.68. The van der Waals surface area contributed by atoms with Gasteiger partial charge in [-0.1, -0.05) is 17.7 Å². The van der Waals surface area contributed by atoms with Crippen molar-refractivity contribution in [1.29, 1.82) is 0 Å². The van der Waals surface area contributed by atoms with Crippen molar-refractivity contribution in [2.24, 2.45) is 0 Å². The summed E-state index contributed by atoms with van der Waals surface area (Å²) in [6.07, 6.45) is 3.77. The molecule has 0 fully saturated rings. The minimum Gasteiger partial charge on any atom is -0.492 e. The van der Waals surface area contributed by atoms with Crippen LogP contribution < -0.4 is 4.74 Å². The van der Waals surface area contributed by atoms with Crippen LogP contribution in [0.5, 0.6) is 5.75 Å². The van der Waals surface area contributed by atoms with E-state index in [0.29, 0.717) is 6.61 Å². The summed E-state index contributed by atoms with van der Waals surface area (Å²) < 4.78 is 7.72. The molecule has 0 saturated carbocycles. The van der Waals surface area contributed by atoms with Gasteiger partial charge in [-0.15, -0.1) is 0 Å². The zero-order valence-electron chi connectivity index (χ0n) is 9.68. The van der Waals surface area contributed by atoms with E-state index in [9.17, 15) is 0 Å². The minimum absolute atomic E-state index is 0.667. The van der Waals surface area contributed by atoms with Gasteiger partial charge >= 0.3 is 0 Å². The van der Waals surface area contributed by atoms with E-state index in [4.69, 9.17) is 4.74 Å². The van der Waals surface area contributed by atoms with Gasteiger partial charge in [0.05, 0.1) is 6.54 Å². The zero-order chi connectivity index (χ0) is 11.4. The van der Waals surface area contributed by atoms with Crippen LogP contribution in [0.15, 0.2) is 36.7 Å². The summed E-state index contributed by atoms with van der Waals surface area (Å²) in [5.74, 6) is 1.94. The van der Waals surface area contributed by atoms with Crippen LogP contribution in [0.3, 0.4) is 0 Å². The van der Waals surface area contributed by atoms with E-state index in [1.165, 1.54) is 5.56 Å². The number of benzene rings is 1. The predicted octanol–water partition coefficient (Wildman–Crippen LogP) is 2.58. The highest BCUT2D eigenvalue weighted by atomic mass is 16.5. The van der Waals surface area contributed by atoms with Gasteiger partial charge in [-0.3, -0.25) is 0 Å². The number of aryl methyl sites for hydroxylation is 2. The molecule has 1 heterocycles. The van der Waals surface area contributed by atoms with Gasteiger partial charge in [-0.05, 0) is 26.0 Å². The molecule has 0 N–H and O–H groups in total. The molecule has 2 rings (SSSR count). The Balaban J connectivity index is 1.84. The fourth-order valence-electron chi connectivity index (χ4n) is 1.54. The molecule has 0 aliphatic heterocycles. The first-order chi connectivity index (χ1) is 7.75. The van der Waals surface area contributed by atoms with Gasteiger partial charge in [0.1, 0.15) is 18.2 Å². The van der Waals surface area contributed by atoms with Crippen molar-refractivity contribution in [2.75, 3.05) is 6.61 Å². The summed E-state index contributed by atoms with van der Waals surface area (Å²) in [5.41, 5.74) is 1.25. The molecule has 0 aliphatic carbocycles. The molecule has 0 saturated heterocycles. The third kappa shape index (κ3) is 2.63. The van der Waals surface area contributed by atoms with Crippen LogP contribution in [0, 0.1) is 13.8 Å². The molecule has 0 spiro atoms. The Morgan fingerprint density at radius 3 is 2.56 bits per heavy atom. The Bertz CT molecular complexity index is 445. The average Bonchev–Trinajstić information content (AvgIpc) is 2.68. The number of hydrogen-bond donors (Lipinski definition) is 0. The first-order valence-corrected chi connectivity index (χ1v) is 5.43. The lowest BCUT2D eigenvalue weighted by molar-refractivity contribution is 0.297. The number of imidazole rings is 1. The van der Waals surface area contributed by atoms with Crippen molar-refractivity contribution in [3.63, 3.8) is 0 Å². The van der Waals surface area contributed by atoms with Gasteiger partial charge in [-0.25, -0.2) is 4.98 Å². The Labute approximate surface area is 95.7 Å². The van der Waals surface area contributed by atoms with E-state index in [1.54, 1.807) is 6.20 Å². The van der Waals surface area contributed by atoms with E-state index in [0.717, 1.165) is 18.1 Å². The number of rotatable bonds is 4. The highest BCUT2D eigenvalue weighted by molar-refractivity contribution is 5.26. The lowest BCUT2D eigenvalue weighted by Crippen LogP contribution is -2.08. The molecule has 84 valence electrons. The molecule has 0 radical (unpaired) electrons. The average molecular weight is 216 g/mol. The molecule has 0 unspecified atom stereocenters. The summed E-state index contributed by atoms with van der Waals surface area (Å²) in [4.78, 5) is 4.16. The highest BCUT2D eigenvalue weighted by Crippen LogP contribution is 2.11. The Kier molecular flexibility index (Phi) is 3.25. The molecule has 0 atom stereocenters. The molecule has 16 heavy (non-hydrogen) atoms. The third-order valence-corrected chi connectivity index (χ3v) is 2.55. The lowest BCUT2D eigenvalue weighted by Gasteiger charge is -2.08. The summed E-state index contributed by atoms with van der Waals surface area (Å²) in [6.45, 7) is 5.56. The van der Waals surface area contributed by atoms with Gasteiger partial charge in [0.15, 0.2) is 0 Å². The van der Waals surface area contributed by atoms with Crippen molar-refractivity contribution >= 4 is 0 Å². The van der Waals surface area contributed by atoms with Gasteiger partial charge in [0.25, 0.3) is 0 Å². The van der Waals surface area contributed by atoms with E-state index >= 15 is 0 Å². The second-order valence-electron chi connectivity index (χ2n) is 3.83. The Morgan fingerprint density at radius 1 is 1.19 bits per heavy atom. The monoisotopic (exact) mass is 216 g/mol. The fourth-order valence-corrected chi connectivity index (χ4v) is 1.54. The Morgan fingerprint density at radius 2 is 1.94 bits per heavy atom. The van der Waals surface area contributed by atoms with Crippen molar-refractivity contribution in [1.82, 2.24) is 9.55 Å². The minimum atomic E-state index is 0.667. The summed E-state index contributed by atoms with van der Waals surface area (Å²) in [5, 5.41) is 0. The maximum absolute atomic E-state index is 5.64. The van der Waals surface area contributed by atoms with E-state index in [-0.39, 0.29) is 0 Å². The van der Waals surface area contributed by atoms with Crippen molar-refractivity contribution in [3.05, 3.63) is 48.0 Å². The normalized spacial score (nSPS) is 10.4. The van der Waals surface area contributed by atoms with Crippen LogP contribution >= 0.6 is 0 Å². The standard InChI is InChI=1S/C13H16N2O/c1-11-3-5-13(6-4-11)16-10-9-15-8-7-14-12(15)2/h3-8H,9-10H2,1-2H3. The van der Waals surface area contributed by atoms with Crippen LogP contribution in [0.2, 0.25) is 0 Å². The van der Waals surface area contributed by atoms with Crippen LogP contribution in [-0.4, -0.2) is 16.2 Å². The highest BCUT2D eigenvalue weighted by Gasteiger charge is 1.97. The number of nitrogens with zero attached hydrogens (tertiary/aromatic N) is 2. The molecule has 3 heteroatoms. The molecule has 1 aromatic carbocycles. The molecular formula is C13H16N2O. The van der Waals surface area contributed by atoms with Gasteiger partial charge in [0.2, 0.25) is 0 Å². The second kappa shape index (κ2) is 4.84. The van der Waals surface area contributed by atoms with Gasteiger partial charge in [-0.2, -0.15) is 0 Å². The van der Waals surface area contributed by atoms with Gasteiger partial charge in [0, 0.05) is 12.4 Å². The van der Waals surface area contributed by atoms with E-state index in [1.807, 2.05) is 25.3 Å². The number of ether oxygens (including phenoxy) is 1. The molecule has 1 aromatic heterocycles. The third-order valence-electron chi connectivity index (χ3n) is 2.55. The molecule has 0 bridgehead atoms. The quantitative estimate of drug-likeness (QED) is 0.785. The molecule has 2 aromatic rings. The molecular weight excluding hydrogens is 200 g/mol. The first-order valence-electron chi connectivity index (χ1n) is 5.43. The van der Waals surface area contributed by atoms with Gasteiger partial charge < -0.3 is 9.30 Å². The van der Waals surface area contributed by atoms with Crippen molar-refractivity contribution < 1.29 is 4.74 Å². The van der Waals surface area contributed by atoms with Crippen LogP contribution in [-0.2, 0) is 6.54 Å². The maximum Gasteiger partial charge on any atom is 0.119 e. The first kappa shape index (κ1) is 10.7. The fraction of sp³-hybridized carbons (Fsp3) is 0.308. The molecule has 0 amide bonds. The summed E-state index contributed by atoms with van der Waals surface area (Å²) >= 11 is 0. The van der Waals surface area contributed by atoms with Crippen molar-refractivity contribution in [2.45, 2.75) is 20.4 Å².